The molecule has 0 bridgehead atoms. The Morgan fingerprint density at radius 2 is 1.62 bits per heavy atom. The van der Waals surface area contributed by atoms with Crippen LogP contribution in [0.1, 0.15) is 6.42 Å². The van der Waals surface area contributed by atoms with E-state index < -0.39 is 31.0 Å². The van der Waals surface area contributed by atoms with Crippen LogP contribution in [-0.2, 0) is 9.59 Å². The molecule has 0 atom stereocenters. The van der Waals surface area contributed by atoms with Crippen molar-refractivity contribution in [1.82, 2.24) is 4.90 Å². The zero-order valence-corrected chi connectivity index (χ0v) is 6.47. The molecule has 2 amide bonds. The molecule has 0 N–H and O–H groups in total. The standard InChI is InChI=1S/C7H6F3NO2/c8-7(9,10)3-4-11-5(12)1-2-6(11)13/h1-2H,3-4H2. The summed E-state index contributed by atoms with van der Waals surface area (Å²) in [5.41, 5.74) is 0. The van der Waals surface area contributed by atoms with Crippen molar-refractivity contribution in [2.45, 2.75) is 12.6 Å². The third-order valence-corrected chi connectivity index (χ3v) is 1.52. The van der Waals surface area contributed by atoms with E-state index in [-0.39, 0.29) is 0 Å². The van der Waals surface area contributed by atoms with Crippen LogP contribution in [0.5, 0.6) is 0 Å². The summed E-state index contributed by atoms with van der Waals surface area (Å²) in [6, 6.07) is 0. The Morgan fingerprint density at radius 1 is 1.15 bits per heavy atom. The fourth-order valence-electron chi connectivity index (χ4n) is 0.890. The lowest BCUT2D eigenvalue weighted by atomic mass is 10.4. The number of carbonyl (C=O) groups excluding carboxylic acids is 2. The highest BCUT2D eigenvalue weighted by atomic mass is 19.4. The van der Waals surface area contributed by atoms with E-state index in [4.69, 9.17) is 0 Å². The molecule has 1 heterocycles. The summed E-state index contributed by atoms with van der Waals surface area (Å²) in [6.45, 7) is -0.603. The molecule has 1 aliphatic rings. The van der Waals surface area contributed by atoms with E-state index in [1.807, 2.05) is 0 Å². The van der Waals surface area contributed by atoms with E-state index in [0.717, 1.165) is 12.2 Å². The molecule has 1 aliphatic heterocycles. The van der Waals surface area contributed by atoms with Gasteiger partial charge in [0.05, 0.1) is 6.42 Å². The lowest BCUT2D eigenvalue weighted by molar-refractivity contribution is -0.148. The van der Waals surface area contributed by atoms with Crippen LogP contribution >= 0.6 is 0 Å². The highest BCUT2D eigenvalue weighted by Gasteiger charge is 2.31. The summed E-state index contributed by atoms with van der Waals surface area (Å²) in [4.78, 5) is 22.1. The highest BCUT2D eigenvalue weighted by molar-refractivity contribution is 6.12. The number of alkyl halides is 3. The van der Waals surface area contributed by atoms with Gasteiger partial charge in [0.25, 0.3) is 11.8 Å². The minimum atomic E-state index is -4.34. The van der Waals surface area contributed by atoms with Crippen LogP contribution in [0, 0.1) is 0 Å². The zero-order valence-electron chi connectivity index (χ0n) is 6.47. The van der Waals surface area contributed by atoms with Crippen LogP contribution in [0.2, 0.25) is 0 Å². The van der Waals surface area contributed by atoms with Crippen LogP contribution in [0.25, 0.3) is 0 Å². The lowest BCUT2D eigenvalue weighted by Gasteiger charge is -2.14. The number of halogens is 3. The van der Waals surface area contributed by atoms with Crippen molar-refractivity contribution in [3.8, 4) is 0 Å². The van der Waals surface area contributed by atoms with Gasteiger partial charge >= 0.3 is 6.18 Å². The maximum Gasteiger partial charge on any atom is 0.390 e. The number of rotatable bonds is 2. The van der Waals surface area contributed by atoms with E-state index in [2.05, 4.69) is 0 Å². The molecule has 0 aliphatic carbocycles. The van der Waals surface area contributed by atoms with Gasteiger partial charge in [0.15, 0.2) is 0 Å². The summed E-state index contributed by atoms with van der Waals surface area (Å²) in [6.07, 6.45) is -3.59. The maximum atomic E-state index is 11.7. The average Bonchev–Trinajstić information content (AvgIpc) is 2.27. The van der Waals surface area contributed by atoms with E-state index in [0.29, 0.717) is 4.90 Å². The van der Waals surface area contributed by atoms with Gasteiger partial charge in [-0.3, -0.25) is 14.5 Å². The summed E-state index contributed by atoms with van der Waals surface area (Å²) < 4.78 is 35.1. The second-order valence-corrected chi connectivity index (χ2v) is 2.53. The molecule has 72 valence electrons. The summed E-state index contributed by atoms with van der Waals surface area (Å²) in [5.74, 6) is -1.37. The van der Waals surface area contributed by atoms with Crippen molar-refractivity contribution in [3.63, 3.8) is 0 Å². The maximum absolute atomic E-state index is 11.7. The zero-order chi connectivity index (χ0) is 10.1. The number of amides is 2. The second-order valence-electron chi connectivity index (χ2n) is 2.53. The van der Waals surface area contributed by atoms with E-state index in [9.17, 15) is 22.8 Å². The highest BCUT2D eigenvalue weighted by Crippen LogP contribution is 2.20. The number of imide groups is 1. The monoisotopic (exact) mass is 193 g/mol. The van der Waals surface area contributed by atoms with Crippen LogP contribution < -0.4 is 0 Å². The third kappa shape index (κ3) is 2.57. The Labute approximate surface area is 71.8 Å². The van der Waals surface area contributed by atoms with Gasteiger partial charge < -0.3 is 0 Å². The van der Waals surface area contributed by atoms with E-state index in [1.54, 1.807) is 0 Å². The molecular formula is C7H6F3NO2. The third-order valence-electron chi connectivity index (χ3n) is 1.52. The lowest BCUT2D eigenvalue weighted by Crippen LogP contribution is -2.33. The first-order valence-corrected chi connectivity index (χ1v) is 3.50. The molecule has 0 radical (unpaired) electrons. The first-order chi connectivity index (χ1) is 5.90. The minimum Gasteiger partial charge on any atom is -0.275 e. The summed E-state index contributed by atoms with van der Waals surface area (Å²) >= 11 is 0. The molecule has 6 heteroatoms. The Morgan fingerprint density at radius 3 is 2.00 bits per heavy atom. The molecular weight excluding hydrogens is 187 g/mol. The molecule has 0 saturated heterocycles. The van der Waals surface area contributed by atoms with Gasteiger partial charge in [-0.05, 0) is 0 Å². The van der Waals surface area contributed by atoms with Crippen molar-refractivity contribution in [2.24, 2.45) is 0 Å². The SMILES string of the molecule is O=C1C=CC(=O)N1CCC(F)(F)F. The average molecular weight is 193 g/mol. The molecule has 1 rings (SSSR count). The van der Waals surface area contributed by atoms with Crippen LogP contribution in [-0.4, -0.2) is 29.4 Å². The van der Waals surface area contributed by atoms with Gasteiger partial charge in [-0.2, -0.15) is 13.2 Å². The van der Waals surface area contributed by atoms with E-state index >= 15 is 0 Å². The van der Waals surface area contributed by atoms with Crippen LogP contribution in [0.15, 0.2) is 12.2 Å². The van der Waals surface area contributed by atoms with Gasteiger partial charge in [0.1, 0.15) is 0 Å². The topological polar surface area (TPSA) is 37.4 Å². The van der Waals surface area contributed by atoms with Crippen molar-refractivity contribution < 1.29 is 22.8 Å². The fourth-order valence-corrected chi connectivity index (χ4v) is 0.890. The Hall–Kier alpha value is -1.33. The quantitative estimate of drug-likeness (QED) is 0.610. The van der Waals surface area contributed by atoms with Gasteiger partial charge in [0.2, 0.25) is 0 Å². The normalized spacial score (nSPS) is 17.3. The molecule has 0 spiro atoms. The van der Waals surface area contributed by atoms with Crippen molar-refractivity contribution in [2.75, 3.05) is 6.54 Å². The van der Waals surface area contributed by atoms with E-state index in [1.165, 1.54) is 0 Å². The predicted molar refractivity (Wildman–Crippen MR) is 36.5 cm³/mol. The molecule has 0 aromatic carbocycles. The first kappa shape index (κ1) is 9.76. The molecule has 0 unspecified atom stereocenters. The van der Waals surface area contributed by atoms with Gasteiger partial charge in [-0.25, -0.2) is 0 Å². The molecule has 0 fully saturated rings. The molecule has 0 aromatic rings. The molecule has 13 heavy (non-hydrogen) atoms. The Kier molecular flexibility index (Phi) is 2.40. The fraction of sp³-hybridized carbons (Fsp3) is 0.429. The largest absolute Gasteiger partial charge is 0.390 e. The van der Waals surface area contributed by atoms with Crippen molar-refractivity contribution in [3.05, 3.63) is 12.2 Å². The first-order valence-electron chi connectivity index (χ1n) is 3.50. The minimum absolute atomic E-state index is 0.563. The van der Waals surface area contributed by atoms with Crippen molar-refractivity contribution >= 4 is 11.8 Å². The Bertz CT molecular complexity index is 251. The predicted octanol–water partition coefficient (Wildman–Crippen LogP) is 0.864. The number of nitrogens with zero attached hydrogens (tertiary/aromatic N) is 1. The summed E-state index contributed by atoms with van der Waals surface area (Å²) in [5, 5.41) is 0. The summed E-state index contributed by atoms with van der Waals surface area (Å²) in [7, 11) is 0. The second kappa shape index (κ2) is 3.20. The smallest absolute Gasteiger partial charge is 0.275 e. The number of hydrogen-bond donors (Lipinski definition) is 0. The molecule has 0 aromatic heterocycles. The Balaban J connectivity index is 2.47. The van der Waals surface area contributed by atoms with Gasteiger partial charge in [0, 0.05) is 18.7 Å². The van der Waals surface area contributed by atoms with Gasteiger partial charge in [-0.1, -0.05) is 0 Å². The van der Waals surface area contributed by atoms with Crippen LogP contribution in [0.4, 0.5) is 13.2 Å². The van der Waals surface area contributed by atoms with Gasteiger partial charge in [-0.15, -0.1) is 0 Å². The molecule has 3 nitrogen and oxygen atoms in total. The number of carbonyl (C=O) groups is 2. The van der Waals surface area contributed by atoms with Crippen LogP contribution in [0.3, 0.4) is 0 Å². The van der Waals surface area contributed by atoms with Crippen molar-refractivity contribution in [1.29, 1.82) is 0 Å². The number of hydrogen-bond acceptors (Lipinski definition) is 2. The molecule has 0 saturated carbocycles.